The second-order valence-electron chi connectivity index (χ2n) is 6.87. The molecule has 0 spiro atoms. The van der Waals surface area contributed by atoms with E-state index in [9.17, 15) is 21.6 Å². The first kappa shape index (κ1) is 20.8. The van der Waals surface area contributed by atoms with Crippen LogP contribution in [0.15, 0.2) is 29.2 Å². The number of thioether (sulfide) groups is 1. The molecule has 0 aromatic heterocycles. The molecule has 5 nitrogen and oxygen atoms in total. The maximum atomic E-state index is 12.4. The van der Waals surface area contributed by atoms with E-state index in [0.717, 1.165) is 50.2 Å². The third kappa shape index (κ3) is 6.00. The van der Waals surface area contributed by atoms with Crippen molar-refractivity contribution >= 4 is 21.8 Å². The highest BCUT2D eigenvalue weighted by Gasteiger charge is 2.31. The fourth-order valence-electron chi connectivity index (χ4n) is 3.46. The quantitative estimate of drug-likeness (QED) is 0.761. The predicted molar refractivity (Wildman–Crippen MR) is 98.3 cm³/mol. The number of piperidine rings is 1. The largest absolute Gasteiger partial charge is 0.573 e. The van der Waals surface area contributed by atoms with Gasteiger partial charge in [0, 0.05) is 18.3 Å². The average molecular weight is 425 g/mol. The molecule has 27 heavy (non-hydrogen) atoms. The van der Waals surface area contributed by atoms with E-state index in [-0.39, 0.29) is 10.8 Å². The van der Waals surface area contributed by atoms with Crippen LogP contribution in [-0.2, 0) is 10.0 Å². The molecule has 0 radical (unpaired) electrons. The minimum atomic E-state index is -4.80. The van der Waals surface area contributed by atoms with Crippen LogP contribution in [0.3, 0.4) is 0 Å². The molecule has 1 N–H and O–H groups in total. The van der Waals surface area contributed by atoms with Gasteiger partial charge in [0.05, 0.1) is 4.90 Å². The summed E-state index contributed by atoms with van der Waals surface area (Å²) in [6.45, 7) is 2.32. The zero-order valence-corrected chi connectivity index (χ0v) is 16.4. The minimum Gasteiger partial charge on any atom is -0.406 e. The monoisotopic (exact) mass is 424 g/mol. The van der Waals surface area contributed by atoms with Crippen LogP contribution in [-0.4, -0.2) is 56.9 Å². The Hall–Kier alpha value is -0.970. The van der Waals surface area contributed by atoms with Crippen molar-refractivity contribution < 1.29 is 26.3 Å². The number of nitrogens with zero attached hydrogens (tertiary/aromatic N) is 1. The van der Waals surface area contributed by atoms with Gasteiger partial charge in [0.2, 0.25) is 10.0 Å². The van der Waals surface area contributed by atoms with Gasteiger partial charge in [-0.2, -0.15) is 11.8 Å². The number of likely N-dealkylation sites (tertiary alicyclic amines) is 1. The van der Waals surface area contributed by atoms with Crippen molar-refractivity contribution in [2.24, 2.45) is 5.92 Å². The molecule has 2 saturated heterocycles. The second-order valence-corrected chi connectivity index (χ2v) is 9.78. The lowest BCUT2D eigenvalue weighted by atomic mass is 9.96. The highest BCUT2D eigenvalue weighted by atomic mass is 32.2. The van der Waals surface area contributed by atoms with Crippen molar-refractivity contribution in [2.75, 3.05) is 31.1 Å². The van der Waals surface area contributed by atoms with Crippen LogP contribution in [0.25, 0.3) is 0 Å². The number of hydrogen-bond donors (Lipinski definition) is 1. The molecule has 0 aliphatic carbocycles. The summed E-state index contributed by atoms with van der Waals surface area (Å²) in [5.74, 6) is 2.24. The Bertz CT molecular complexity index is 712. The van der Waals surface area contributed by atoms with Crippen molar-refractivity contribution in [3.8, 4) is 5.75 Å². The summed E-state index contributed by atoms with van der Waals surface area (Å²) in [5.41, 5.74) is 0. The van der Waals surface area contributed by atoms with Gasteiger partial charge in [-0.3, -0.25) is 4.90 Å². The summed E-state index contributed by atoms with van der Waals surface area (Å²) in [7, 11) is -3.75. The van der Waals surface area contributed by atoms with E-state index in [1.54, 1.807) is 0 Å². The van der Waals surface area contributed by atoms with E-state index in [1.807, 2.05) is 11.8 Å². The summed E-state index contributed by atoms with van der Waals surface area (Å²) >= 11 is 1.99. The number of hydrogen-bond acceptors (Lipinski definition) is 5. The van der Waals surface area contributed by atoms with Gasteiger partial charge in [-0.25, -0.2) is 13.1 Å². The number of ether oxygens (including phenoxy) is 1. The van der Waals surface area contributed by atoms with Gasteiger partial charge in [-0.1, -0.05) is 0 Å². The molecular formula is C17H23F3N2O3S2. The van der Waals surface area contributed by atoms with Gasteiger partial charge in [-0.05, 0) is 68.3 Å². The van der Waals surface area contributed by atoms with E-state index >= 15 is 0 Å². The van der Waals surface area contributed by atoms with Crippen molar-refractivity contribution in [3.63, 3.8) is 0 Å². The highest BCUT2D eigenvalue weighted by Crippen LogP contribution is 2.27. The Labute approximate surface area is 161 Å². The summed E-state index contributed by atoms with van der Waals surface area (Å²) in [5, 5.41) is 0. The first-order valence-corrected chi connectivity index (χ1v) is 11.5. The number of rotatable bonds is 6. The summed E-state index contributed by atoms with van der Waals surface area (Å²) in [6.07, 6.45) is -1.68. The van der Waals surface area contributed by atoms with Crippen LogP contribution >= 0.6 is 11.8 Å². The van der Waals surface area contributed by atoms with Crippen LogP contribution in [0.1, 0.15) is 19.3 Å². The summed E-state index contributed by atoms with van der Waals surface area (Å²) in [6, 6.07) is 4.89. The highest BCUT2D eigenvalue weighted by molar-refractivity contribution is 7.99. The lowest BCUT2D eigenvalue weighted by Gasteiger charge is -2.35. The number of alkyl halides is 3. The topological polar surface area (TPSA) is 58.6 Å². The smallest absolute Gasteiger partial charge is 0.406 e. The van der Waals surface area contributed by atoms with Gasteiger partial charge in [-0.15, -0.1) is 13.2 Å². The summed E-state index contributed by atoms with van der Waals surface area (Å²) < 4.78 is 67.6. The van der Waals surface area contributed by atoms with Gasteiger partial charge in [0.25, 0.3) is 0 Å². The minimum absolute atomic E-state index is 0.0718. The average Bonchev–Trinajstić information content (AvgIpc) is 3.14. The fraction of sp³-hybridized carbons (Fsp3) is 0.647. The van der Waals surface area contributed by atoms with E-state index in [1.165, 1.54) is 17.9 Å². The molecule has 152 valence electrons. The number of benzene rings is 1. The molecule has 0 unspecified atom stereocenters. The van der Waals surface area contributed by atoms with Gasteiger partial charge < -0.3 is 4.74 Å². The molecule has 1 aromatic rings. The molecule has 1 atom stereocenters. The Morgan fingerprint density at radius 2 is 1.81 bits per heavy atom. The Balaban J connectivity index is 1.48. The van der Waals surface area contributed by atoms with Crippen molar-refractivity contribution in [1.29, 1.82) is 0 Å². The van der Waals surface area contributed by atoms with Crippen LogP contribution in [0.4, 0.5) is 13.2 Å². The molecule has 10 heteroatoms. The van der Waals surface area contributed by atoms with Crippen molar-refractivity contribution in [3.05, 3.63) is 24.3 Å². The van der Waals surface area contributed by atoms with Gasteiger partial charge >= 0.3 is 6.36 Å². The lowest BCUT2D eigenvalue weighted by Crippen LogP contribution is -2.43. The molecular weight excluding hydrogens is 401 g/mol. The van der Waals surface area contributed by atoms with E-state index in [2.05, 4.69) is 14.4 Å². The molecule has 2 aliphatic heterocycles. The zero-order valence-electron chi connectivity index (χ0n) is 14.7. The van der Waals surface area contributed by atoms with Crippen LogP contribution in [0.2, 0.25) is 0 Å². The Morgan fingerprint density at radius 3 is 2.37 bits per heavy atom. The van der Waals surface area contributed by atoms with Crippen molar-refractivity contribution in [2.45, 2.75) is 36.6 Å². The number of sulfonamides is 1. The summed E-state index contributed by atoms with van der Waals surface area (Å²) in [4.78, 5) is 2.43. The zero-order chi connectivity index (χ0) is 19.5. The third-order valence-electron chi connectivity index (χ3n) is 5.00. The maximum Gasteiger partial charge on any atom is 0.573 e. The first-order chi connectivity index (χ1) is 12.7. The molecule has 0 bridgehead atoms. The standard InChI is InChI=1S/C17H23F3N2O3S2/c18-17(19,20)25-15-1-3-16(4-2-15)27(23,24)21-11-13-5-8-22(9-6-13)14-7-10-26-12-14/h1-4,13-14,21H,5-12H2/t14-/m1/s1. The number of nitrogens with one attached hydrogen (secondary N) is 1. The van der Waals surface area contributed by atoms with Crippen LogP contribution in [0.5, 0.6) is 5.75 Å². The lowest BCUT2D eigenvalue weighted by molar-refractivity contribution is -0.274. The fourth-order valence-corrected chi connectivity index (χ4v) is 5.83. The molecule has 2 heterocycles. The van der Waals surface area contributed by atoms with Crippen LogP contribution < -0.4 is 9.46 Å². The van der Waals surface area contributed by atoms with E-state index in [0.29, 0.717) is 12.6 Å². The van der Waals surface area contributed by atoms with E-state index in [4.69, 9.17) is 0 Å². The second kappa shape index (κ2) is 8.59. The maximum absolute atomic E-state index is 12.4. The molecule has 2 fully saturated rings. The molecule has 0 amide bonds. The molecule has 0 saturated carbocycles. The van der Waals surface area contributed by atoms with Crippen LogP contribution in [0, 0.1) is 5.92 Å². The number of halogens is 3. The van der Waals surface area contributed by atoms with Gasteiger partial charge in [0.15, 0.2) is 0 Å². The molecule has 3 rings (SSSR count). The SMILES string of the molecule is O=S(=O)(NCC1CCN([C@@H]2CCSC2)CC1)c1ccc(OC(F)(F)F)cc1. The van der Waals surface area contributed by atoms with E-state index < -0.39 is 22.1 Å². The Kier molecular flexibility index (Phi) is 6.60. The van der Waals surface area contributed by atoms with Crippen molar-refractivity contribution in [1.82, 2.24) is 9.62 Å². The first-order valence-electron chi connectivity index (χ1n) is 8.90. The normalized spacial score (nSPS) is 22.9. The molecule has 2 aliphatic rings. The Morgan fingerprint density at radius 1 is 1.15 bits per heavy atom. The van der Waals surface area contributed by atoms with Gasteiger partial charge in [0.1, 0.15) is 5.75 Å². The predicted octanol–water partition coefficient (Wildman–Crippen LogP) is 3.08. The molecule has 1 aromatic carbocycles. The third-order valence-corrected chi connectivity index (χ3v) is 7.59.